The molecule has 1 amide bonds. The van der Waals surface area contributed by atoms with E-state index in [2.05, 4.69) is 15.2 Å². The van der Waals surface area contributed by atoms with Crippen LogP contribution in [0.4, 0.5) is 35.1 Å². The molecule has 0 bridgehead atoms. The van der Waals surface area contributed by atoms with Gasteiger partial charge in [0.25, 0.3) is 24.1 Å². The minimum Gasteiger partial charge on any atom is -0.415 e. The fourth-order valence-electron chi connectivity index (χ4n) is 4.27. The van der Waals surface area contributed by atoms with Gasteiger partial charge in [0.05, 0.1) is 17.0 Å². The largest absolute Gasteiger partial charge is 0.415 e. The quantitative estimate of drug-likeness (QED) is 0.308. The highest BCUT2D eigenvalue weighted by Crippen LogP contribution is 2.44. The zero-order chi connectivity index (χ0) is 33.2. The first-order valence-corrected chi connectivity index (χ1v) is 14.8. The van der Waals surface area contributed by atoms with E-state index in [1.54, 1.807) is 0 Å². The Balaban J connectivity index is 1.91. The van der Waals surface area contributed by atoms with Crippen molar-refractivity contribution in [1.82, 2.24) is 24.8 Å². The molecule has 4 rings (SSSR count). The molecule has 0 saturated carbocycles. The molecule has 3 heterocycles. The highest BCUT2D eigenvalue weighted by atomic mass is 32.2. The van der Waals surface area contributed by atoms with Crippen LogP contribution in [0.3, 0.4) is 0 Å². The zero-order valence-electron chi connectivity index (χ0n) is 23.0. The first-order chi connectivity index (χ1) is 20.0. The highest BCUT2D eigenvalue weighted by Gasteiger charge is 2.46. The van der Waals surface area contributed by atoms with Crippen molar-refractivity contribution in [3.8, 4) is 21.3 Å². The van der Waals surface area contributed by atoms with Crippen molar-refractivity contribution in [2.75, 3.05) is 6.54 Å². The summed E-state index contributed by atoms with van der Waals surface area (Å²) >= 11 is 0.408. The van der Waals surface area contributed by atoms with Gasteiger partial charge in [-0.15, -0.1) is 21.5 Å². The lowest BCUT2D eigenvalue weighted by Gasteiger charge is -2.21. The molecule has 0 aliphatic carbocycles. The predicted molar refractivity (Wildman–Crippen MR) is 137 cm³/mol. The number of carbonyl (C=O) groups is 1. The number of nitrogens with one attached hydrogen (secondary N) is 1. The number of aliphatic hydroxyl groups is 1. The summed E-state index contributed by atoms with van der Waals surface area (Å²) in [6, 6.07) is -2.70. The number of nitrogens with zero attached hydrogens (tertiary/aromatic N) is 4. The topological polar surface area (TPSA) is 139 Å². The molecule has 242 valence electrons. The predicted octanol–water partition coefficient (Wildman–Crippen LogP) is 5.26. The third-order valence-corrected chi connectivity index (χ3v) is 9.10. The standard InChI is InChI=1S/C24H23F8N5O5S2/c1-9-7-23(28,29)8-37(9)20(38)15-16(43-19(33-15)18-34-35-21(42-18)22(3,4)39)11-5-6-12(14(25)13(11)17(26)27)44(40,41)36-10(2)24(30,31)32/h5-6,9-10,17,36,39H,7-8H2,1-4H3/t9-,10-/m0/s1. The second-order valence-electron chi connectivity index (χ2n) is 10.5. The Morgan fingerprint density at radius 3 is 2.36 bits per heavy atom. The van der Waals surface area contributed by atoms with Gasteiger partial charge in [0.2, 0.25) is 15.9 Å². The van der Waals surface area contributed by atoms with Gasteiger partial charge < -0.3 is 14.4 Å². The van der Waals surface area contributed by atoms with E-state index in [9.17, 15) is 49.1 Å². The summed E-state index contributed by atoms with van der Waals surface area (Å²) in [5.41, 5.74) is -4.78. The summed E-state index contributed by atoms with van der Waals surface area (Å²) in [5.74, 6) is -7.34. The number of rotatable bonds is 8. The molecule has 0 unspecified atom stereocenters. The molecular formula is C24H23F8N5O5S2. The molecular weight excluding hydrogens is 654 g/mol. The average Bonchev–Trinajstić information content (AvgIpc) is 3.58. The Kier molecular flexibility index (Phi) is 8.64. The van der Waals surface area contributed by atoms with Crippen molar-refractivity contribution < 1.29 is 57.9 Å². The molecule has 10 nitrogen and oxygen atoms in total. The SMILES string of the molecule is C[C@H](NS(=O)(=O)c1ccc(-c2sc(-c3nnc(C(C)(C)O)o3)nc2C(=O)N2CC(F)(F)C[C@@H]2C)c(C(F)F)c1F)C(F)(F)F. The lowest BCUT2D eigenvalue weighted by atomic mass is 10.0. The van der Waals surface area contributed by atoms with E-state index in [-0.39, 0.29) is 10.9 Å². The van der Waals surface area contributed by atoms with Crippen molar-refractivity contribution in [2.45, 2.75) is 75.2 Å². The molecule has 1 aliphatic heterocycles. The number of thiazole rings is 1. The maximum atomic E-state index is 15.5. The van der Waals surface area contributed by atoms with Gasteiger partial charge in [-0.05, 0) is 33.8 Å². The normalized spacial score (nSPS) is 18.3. The summed E-state index contributed by atoms with van der Waals surface area (Å²) < 4.78 is 143. The lowest BCUT2D eigenvalue weighted by molar-refractivity contribution is -0.147. The van der Waals surface area contributed by atoms with Gasteiger partial charge in [0.15, 0.2) is 10.8 Å². The summed E-state index contributed by atoms with van der Waals surface area (Å²) in [4.78, 5) is 16.2. The second-order valence-corrected chi connectivity index (χ2v) is 13.2. The van der Waals surface area contributed by atoms with E-state index in [1.165, 1.54) is 25.5 Å². The average molecular weight is 678 g/mol. The number of carbonyl (C=O) groups excluding carboxylic acids is 1. The van der Waals surface area contributed by atoms with Crippen LogP contribution in [-0.4, -0.2) is 70.2 Å². The Hall–Kier alpha value is -3.23. The van der Waals surface area contributed by atoms with Gasteiger partial charge in [-0.3, -0.25) is 4.79 Å². The van der Waals surface area contributed by atoms with Crippen LogP contribution >= 0.6 is 11.3 Å². The number of sulfonamides is 1. The molecule has 1 fully saturated rings. The fourth-order valence-corrected chi connectivity index (χ4v) is 6.61. The van der Waals surface area contributed by atoms with Crippen molar-refractivity contribution in [2.24, 2.45) is 0 Å². The smallest absolute Gasteiger partial charge is 0.404 e. The van der Waals surface area contributed by atoms with Crippen LogP contribution in [0.1, 0.15) is 62.5 Å². The van der Waals surface area contributed by atoms with Gasteiger partial charge in [-0.2, -0.15) is 17.9 Å². The van der Waals surface area contributed by atoms with Gasteiger partial charge in [-0.1, -0.05) is 6.07 Å². The Labute approximate surface area is 248 Å². The number of halogens is 8. The van der Waals surface area contributed by atoms with E-state index in [0.29, 0.717) is 30.4 Å². The molecule has 2 aromatic heterocycles. The van der Waals surface area contributed by atoms with Crippen LogP contribution < -0.4 is 4.72 Å². The van der Waals surface area contributed by atoms with Gasteiger partial charge in [0, 0.05) is 18.0 Å². The van der Waals surface area contributed by atoms with Crippen molar-refractivity contribution >= 4 is 27.3 Å². The van der Waals surface area contributed by atoms with Gasteiger partial charge >= 0.3 is 6.18 Å². The van der Waals surface area contributed by atoms with Crippen LogP contribution in [0.2, 0.25) is 0 Å². The second kappa shape index (κ2) is 11.3. The molecule has 2 N–H and O–H groups in total. The monoisotopic (exact) mass is 677 g/mol. The highest BCUT2D eigenvalue weighted by molar-refractivity contribution is 7.89. The lowest BCUT2D eigenvalue weighted by Crippen LogP contribution is -2.43. The van der Waals surface area contributed by atoms with Crippen molar-refractivity contribution in [3.05, 3.63) is 35.1 Å². The summed E-state index contributed by atoms with van der Waals surface area (Å²) in [5, 5.41) is 17.1. The zero-order valence-corrected chi connectivity index (χ0v) is 24.6. The molecule has 3 aromatic rings. The summed E-state index contributed by atoms with van der Waals surface area (Å²) in [6.07, 6.45) is -9.60. The van der Waals surface area contributed by atoms with Gasteiger partial charge in [0.1, 0.15) is 22.2 Å². The van der Waals surface area contributed by atoms with Crippen LogP contribution in [-0.2, 0) is 15.6 Å². The number of alkyl halides is 7. The number of hydrogen-bond donors (Lipinski definition) is 2. The van der Waals surface area contributed by atoms with E-state index in [1.807, 2.05) is 0 Å². The summed E-state index contributed by atoms with van der Waals surface area (Å²) in [7, 11) is -5.34. The van der Waals surface area contributed by atoms with E-state index in [4.69, 9.17) is 4.42 Å². The van der Waals surface area contributed by atoms with E-state index in [0.717, 1.165) is 4.90 Å². The fraction of sp³-hybridized carbons (Fsp3) is 0.500. The number of aromatic nitrogens is 3. The minimum atomic E-state index is -5.34. The third kappa shape index (κ3) is 6.57. The Morgan fingerprint density at radius 2 is 1.86 bits per heavy atom. The molecule has 44 heavy (non-hydrogen) atoms. The molecule has 1 saturated heterocycles. The first-order valence-electron chi connectivity index (χ1n) is 12.5. The number of likely N-dealkylation sites (tertiary alicyclic amines) is 1. The molecule has 2 atom stereocenters. The van der Waals surface area contributed by atoms with E-state index >= 15 is 4.39 Å². The minimum absolute atomic E-state index is 0.320. The van der Waals surface area contributed by atoms with E-state index < -0.39 is 103 Å². The Bertz CT molecular complexity index is 1680. The summed E-state index contributed by atoms with van der Waals surface area (Å²) in [6.45, 7) is 3.24. The number of amides is 1. The molecule has 0 spiro atoms. The molecule has 1 aliphatic rings. The maximum Gasteiger partial charge on any atom is 0.404 e. The molecule has 20 heteroatoms. The first kappa shape index (κ1) is 33.7. The van der Waals surface area contributed by atoms with Crippen LogP contribution in [0, 0.1) is 5.82 Å². The maximum absolute atomic E-state index is 15.5. The third-order valence-electron chi connectivity index (χ3n) is 6.47. The number of benzene rings is 1. The van der Waals surface area contributed by atoms with Crippen LogP contribution in [0.5, 0.6) is 0 Å². The van der Waals surface area contributed by atoms with Crippen LogP contribution in [0.15, 0.2) is 21.4 Å². The number of hydrogen-bond acceptors (Lipinski definition) is 9. The molecule has 1 aromatic carbocycles. The van der Waals surface area contributed by atoms with Crippen LogP contribution in [0.25, 0.3) is 21.3 Å². The molecule has 0 radical (unpaired) electrons. The van der Waals surface area contributed by atoms with Gasteiger partial charge in [-0.25, -0.2) is 35.4 Å². The Morgan fingerprint density at radius 1 is 1.23 bits per heavy atom. The van der Waals surface area contributed by atoms with Crippen molar-refractivity contribution in [3.63, 3.8) is 0 Å². The van der Waals surface area contributed by atoms with Crippen molar-refractivity contribution in [1.29, 1.82) is 0 Å².